The molecule has 8 rings (SSSR count). The van der Waals surface area contributed by atoms with Crippen LogP contribution in [0.4, 0.5) is 0 Å². The summed E-state index contributed by atoms with van der Waals surface area (Å²) in [5.74, 6) is 0. The lowest BCUT2D eigenvalue weighted by atomic mass is 9.71. The highest BCUT2D eigenvalue weighted by molar-refractivity contribution is 7.99. The van der Waals surface area contributed by atoms with Gasteiger partial charge >= 0.3 is 0 Å². The molecule has 1 aliphatic heterocycles. The Balaban J connectivity index is 1.47. The van der Waals surface area contributed by atoms with E-state index in [1.54, 1.807) is 0 Å². The lowest BCUT2D eigenvalue weighted by Crippen LogP contribution is -2.23. The predicted octanol–water partition coefficient (Wildman–Crippen LogP) is 9.97. The van der Waals surface area contributed by atoms with E-state index < -0.39 is 0 Å². The molecule has 37 heavy (non-hydrogen) atoms. The summed E-state index contributed by atoms with van der Waals surface area (Å²) in [5, 5.41) is 2.68. The SMILES string of the molecule is CC1(c2ccccc2)c2ccccc2-c2cccc(-c3cccc4c3-c3cccc5cccc(c35)S4)c21. The van der Waals surface area contributed by atoms with E-state index >= 15 is 0 Å². The lowest BCUT2D eigenvalue weighted by molar-refractivity contribution is 0.715. The van der Waals surface area contributed by atoms with Crippen molar-refractivity contribution in [3.63, 3.8) is 0 Å². The molecular formula is C36H24S. The molecule has 1 unspecified atom stereocenters. The number of rotatable bonds is 2. The van der Waals surface area contributed by atoms with Gasteiger partial charge < -0.3 is 0 Å². The summed E-state index contributed by atoms with van der Waals surface area (Å²) in [6, 6.07) is 47.2. The zero-order valence-electron chi connectivity index (χ0n) is 20.5. The first-order chi connectivity index (χ1) is 18.2. The first kappa shape index (κ1) is 21.1. The van der Waals surface area contributed by atoms with Gasteiger partial charge in [0, 0.05) is 26.2 Å². The minimum Gasteiger partial charge on any atom is -0.0888 e. The molecule has 0 radical (unpaired) electrons. The van der Waals surface area contributed by atoms with Crippen molar-refractivity contribution in [1.29, 1.82) is 0 Å². The van der Waals surface area contributed by atoms with Gasteiger partial charge in [0.2, 0.25) is 0 Å². The van der Waals surface area contributed by atoms with Crippen molar-refractivity contribution in [3.8, 4) is 33.4 Å². The van der Waals surface area contributed by atoms with E-state index in [4.69, 9.17) is 0 Å². The largest absolute Gasteiger partial charge is 0.0888 e. The summed E-state index contributed by atoms with van der Waals surface area (Å²) in [6.45, 7) is 2.41. The van der Waals surface area contributed by atoms with Crippen molar-refractivity contribution >= 4 is 22.5 Å². The molecule has 0 amide bonds. The van der Waals surface area contributed by atoms with Gasteiger partial charge in [-0.25, -0.2) is 0 Å². The minimum absolute atomic E-state index is 0.238. The Kier molecular flexibility index (Phi) is 4.39. The third kappa shape index (κ3) is 2.81. The Morgan fingerprint density at radius 3 is 1.95 bits per heavy atom. The molecule has 0 N–H and O–H groups in total. The summed E-state index contributed by atoms with van der Waals surface area (Å²) < 4.78 is 0. The number of hydrogen-bond acceptors (Lipinski definition) is 1. The van der Waals surface area contributed by atoms with Crippen LogP contribution in [-0.2, 0) is 5.41 Å². The minimum atomic E-state index is -0.238. The number of benzene rings is 6. The Labute approximate surface area is 221 Å². The molecule has 1 aliphatic carbocycles. The average molecular weight is 489 g/mol. The molecule has 6 aromatic rings. The van der Waals surface area contributed by atoms with Crippen molar-refractivity contribution in [1.82, 2.24) is 0 Å². The third-order valence-electron chi connectivity index (χ3n) is 8.34. The van der Waals surface area contributed by atoms with Crippen molar-refractivity contribution in [2.24, 2.45) is 0 Å². The van der Waals surface area contributed by atoms with Gasteiger partial charge in [-0.3, -0.25) is 0 Å². The van der Waals surface area contributed by atoms with E-state index in [1.807, 2.05) is 11.8 Å². The molecule has 0 nitrogen and oxygen atoms in total. The second kappa shape index (κ2) is 7.71. The van der Waals surface area contributed by atoms with Gasteiger partial charge in [-0.2, -0.15) is 0 Å². The van der Waals surface area contributed by atoms with E-state index in [0.29, 0.717) is 0 Å². The molecule has 2 aliphatic rings. The molecule has 0 fully saturated rings. The normalized spacial score (nSPS) is 16.8. The average Bonchev–Trinajstić information content (AvgIpc) is 3.23. The molecule has 174 valence electrons. The monoisotopic (exact) mass is 488 g/mol. The third-order valence-corrected chi connectivity index (χ3v) is 9.46. The molecule has 6 aromatic carbocycles. The fourth-order valence-corrected chi connectivity index (χ4v) is 7.92. The van der Waals surface area contributed by atoms with Gasteiger partial charge in [0.15, 0.2) is 0 Å². The highest BCUT2D eigenvalue weighted by Gasteiger charge is 2.42. The van der Waals surface area contributed by atoms with Crippen LogP contribution in [-0.4, -0.2) is 0 Å². The molecule has 1 atom stereocenters. The molecule has 0 bridgehead atoms. The van der Waals surface area contributed by atoms with E-state index in [9.17, 15) is 0 Å². The highest BCUT2D eigenvalue weighted by atomic mass is 32.2. The fraction of sp³-hybridized carbons (Fsp3) is 0.0556. The standard InChI is InChI=1S/C36H24S/c1-36(24-13-3-2-4-14-24)30-20-6-5-15-25(30)27-17-9-18-28(35(27)36)26-16-10-22-32-34(26)29-19-7-11-23-12-8-21-31(37-32)33(23)29/h2-22H,1H3. The van der Waals surface area contributed by atoms with Crippen molar-refractivity contribution < 1.29 is 0 Å². The molecule has 1 heteroatoms. The Morgan fingerprint density at radius 2 is 1.08 bits per heavy atom. The molecule has 0 aromatic heterocycles. The van der Waals surface area contributed by atoms with Crippen molar-refractivity contribution in [2.45, 2.75) is 22.1 Å². The second-order valence-electron chi connectivity index (χ2n) is 10.2. The summed E-state index contributed by atoms with van der Waals surface area (Å²) in [5.41, 5.74) is 11.9. The summed E-state index contributed by atoms with van der Waals surface area (Å²) in [7, 11) is 0. The highest BCUT2D eigenvalue weighted by Crippen LogP contribution is 2.57. The van der Waals surface area contributed by atoms with Crippen LogP contribution in [0.5, 0.6) is 0 Å². The Bertz CT molecular complexity index is 1860. The number of fused-ring (bicyclic) bond motifs is 5. The first-order valence-corrected chi connectivity index (χ1v) is 13.7. The van der Waals surface area contributed by atoms with Crippen LogP contribution in [0.2, 0.25) is 0 Å². The summed E-state index contributed by atoms with van der Waals surface area (Å²) in [4.78, 5) is 2.68. The molecular weight excluding hydrogens is 464 g/mol. The fourth-order valence-electron chi connectivity index (χ4n) is 6.74. The van der Waals surface area contributed by atoms with Crippen LogP contribution in [0.25, 0.3) is 44.2 Å². The number of hydrogen-bond donors (Lipinski definition) is 0. The van der Waals surface area contributed by atoms with Crippen LogP contribution >= 0.6 is 11.8 Å². The second-order valence-corrected chi connectivity index (χ2v) is 11.3. The van der Waals surface area contributed by atoms with Crippen molar-refractivity contribution in [2.75, 3.05) is 0 Å². The van der Waals surface area contributed by atoms with Gasteiger partial charge in [-0.15, -0.1) is 0 Å². The molecule has 0 saturated heterocycles. The zero-order valence-corrected chi connectivity index (χ0v) is 21.3. The molecule has 0 spiro atoms. The van der Waals surface area contributed by atoms with E-state index in [1.165, 1.54) is 70.6 Å². The van der Waals surface area contributed by atoms with Gasteiger partial charge in [0.05, 0.1) is 0 Å². The van der Waals surface area contributed by atoms with Gasteiger partial charge in [0.25, 0.3) is 0 Å². The molecule has 1 heterocycles. The summed E-state index contributed by atoms with van der Waals surface area (Å²) in [6.07, 6.45) is 0. The van der Waals surface area contributed by atoms with Crippen molar-refractivity contribution in [3.05, 3.63) is 144 Å². The van der Waals surface area contributed by atoms with Crippen LogP contribution in [0.1, 0.15) is 23.6 Å². The quantitative estimate of drug-likeness (QED) is 0.233. The summed E-state index contributed by atoms with van der Waals surface area (Å²) >= 11 is 1.90. The van der Waals surface area contributed by atoms with Crippen LogP contribution < -0.4 is 0 Å². The Hall–Kier alpha value is -4.07. The lowest BCUT2D eigenvalue weighted by Gasteiger charge is -2.31. The van der Waals surface area contributed by atoms with Gasteiger partial charge in [-0.1, -0.05) is 127 Å². The molecule has 0 saturated carbocycles. The first-order valence-electron chi connectivity index (χ1n) is 12.9. The van der Waals surface area contributed by atoms with Crippen LogP contribution in [0.15, 0.2) is 137 Å². The van der Waals surface area contributed by atoms with Gasteiger partial charge in [-0.05, 0) is 69.0 Å². The maximum Gasteiger partial charge on any atom is 0.0441 e. The topological polar surface area (TPSA) is 0 Å². The van der Waals surface area contributed by atoms with E-state index in [-0.39, 0.29) is 5.41 Å². The maximum atomic E-state index is 2.41. The van der Waals surface area contributed by atoms with E-state index in [2.05, 4.69) is 134 Å². The Morgan fingerprint density at radius 1 is 0.486 bits per heavy atom. The zero-order chi connectivity index (χ0) is 24.6. The predicted molar refractivity (Wildman–Crippen MR) is 156 cm³/mol. The van der Waals surface area contributed by atoms with E-state index in [0.717, 1.165) is 0 Å². The maximum absolute atomic E-state index is 2.41. The smallest absolute Gasteiger partial charge is 0.0441 e. The van der Waals surface area contributed by atoms with Crippen LogP contribution in [0.3, 0.4) is 0 Å². The van der Waals surface area contributed by atoms with Gasteiger partial charge in [0.1, 0.15) is 0 Å². The van der Waals surface area contributed by atoms with Crippen LogP contribution in [0, 0.1) is 0 Å².